The standard InChI is InChI=1S/C76H70Si2/c1-5-47-77(48-6-2)73(57-31-17-11-18-32-57)71(55-27-13-9-14-28-55)69-45-25-43-67(75(69)77)65-41-23-39-63(53-65)61-37-21-35-59(51-61)60-36-22-38-62(52-60)64-40-24-42-66(54-64)68-44-26-46-70-72(56-29-15-10-16-30-56)74(58-33-19-12-20-34-58)78(49-7-3,50-8-4)76(68)70/h9-46,51-54H,5-8,47-50H2,1-4H3. The Morgan fingerprint density at radius 3 is 0.744 bits per heavy atom. The average Bonchev–Trinajstić information content (AvgIpc) is 4.19. The fourth-order valence-corrected chi connectivity index (χ4v) is 26.6. The molecule has 0 bridgehead atoms. The third kappa shape index (κ3) is 9.05. The van der Waals surface area contributed by atoms with E-state index >= 15 is 0 Å². The summed E-state index contributed by atoms with van der Waals surface area (Å²) in [6.45, 7) is 9.60. The molecule has 2 heteroatoms. The van der Waals surface area contributed by atoms with Crippen LogP contribution in [0, 0.1) is 0 Å². The first-order valence-corrected chi connectivity index (χ1v) is 33.7. The maximum atomic E-state index is 2.47. The number of fused-ring (bicyclic) bond motifs is 2. The first-order chi connectivity index (χ1) is 38.5. The third-order valence-electron chi connectivity index (χ3n) is 17.1. The van der Waals surface area contributed by atoms with Gasteiger partial charge < -0.3 is 0 Å². The van der Waals surface area contributed by atoms with Crippen molar-refractivity contribution in [2.24, 2.45) is 0 Å². The van der Waals surface area contributed by atoms with Gasteiger partial charge in [-0.25, -0.2) is 0 Å². The van der Waals surface area contributed by atoms with Crippen LogP contribution in [0.5, 0.6) is 0 Å². The first-order valence-electron chi connectivity index (χ1n) is 28.9. The Balaban J connectivity index is 0.914. The van der Waals surface area contributed by atoms with E-state index in [0.29, 0.717) is 0 Å². The van der Waals surface area contributed by atoms with Gasteiger partial charge in [-0.2, -0.15) is 0 Å². The summed E-state index contributed by atoms with van der Waals surface area (Å²) in [7, 11) is -4.55. The van der Waals surface area contributed by atoms with E-state index in [0.717, 1.165) is 25.7 Å². The largest absolute Gasteiger partial charge is 0.121 e. The smallest absolute Gasteiger partial charge is 0.0656 e. The van der Waals surface area contributed by atoms with Crippen LogP contribution >= 0.6 is 0 Å². The molecule has 0 radical (unpaired) electrons. The molecular formula is C76H70Si2. The minimum Gasteiger partial charge on any atom is -0.0656 e. The van der Waals surface area contributed by atoms with E-state index in [1.807, 2.05) is 0 Å². The Morgan fingerprint density at radius 2 is 0.449 bits per heavy atom. The summed E-state index contributed by atoms with van der Waals surface area (Å²) in [5.74, 6) is 0. The lowest BCUT2D eigenvalue weighted by molar-refractivity contribution is 0.999. The van der Waals surface area contributed by atoms with Crippen molar-refractivity contribution in [3.63, 3.8) is 0 Å². The first kappa shape index (κ1) is 50.9. The van der Waals surface area contributed by atoms with Gasteiger partial charge in [-0.05, 0) is 169 Å². The summed E-state index contributed by atoms with van der Waals surface area (Å²) < 4.78 is 0. The summed E-state index contributed by atoms with van der Waals surface area (Å²) in [6, 6.07) is 102. The highest BCUT2D eigenvalue weighted by atomic mass is 28.3. The molecule has 0 amide bonds. The summed E-state index contributed by atoms with van der Waals surface area (Å²) in [5, 5.41) is 6.50. The predicted octanol–water partition coefficient (Wildman–Crippen LogP) is 20.0. The molecule has 0 fully saturated rings. The molecule has 0 nitrogen and oxygen atoms in total. The predicted molar refractivity (Wildman–Crippen MR) is 342 cm³/mol. The van der Waals surface area contributed by atoms with E-state index in [2.05, 4.69) is 282 Å². The quantitative estimate of drug-likeness (QED) is 0.0798. The highest BCUT2D eigenvalue weighted by Crippen LogP contribution is 2.51. The minimum atomic E-state index is -2.27. The van der Waals surface area contributed by atoms with Crippen LogP contribution in [0.15, 0.2) is 255 Å². The van der Waals surface area contributed by atoms with Gasteiger partial charge in [0.05, 0.1) is 0 Å². The molecule has 0 atom stereocenters. The van der Waals surface area contributed by atoms with E-state index in [-0.39, 0.29) is 0 Å². The van der Waals surface area contributed by atoms with Crippen molar-refractivity contribution in [3.8, 4) is 55.6 Å². The van der Waals surface area contributed by atoms with Crippen LogP contribution in [0.4, 0.5) is 0 Å². The van der Waals surface area contributed by atoms with Gasteiger partial charge >= 0.3 is 0 Å². The van der Waals surface area contributed by atoms with Crippen LogP contribution < -0.4 is 10.4 Å². The van der Waals surface area contributed by atoms with Gasteiger partial charge in [-0.15, -0.1) is 0 Å². The number of hydrogen-bond acceptors (Lipinski definition) is 0. The van der Waals surface area contributed by atoms with Gasteiger partial charge in [0.15, 0.2) is 0 Å². The molecular weight excluding hydrogens is 969 g/mol. The Morgan fingerprint density at radius 1 is 0.218 bits per heavy atom. The Bertz CT molecular complexity index is 3560. The van der Waals surface area contributed by atoms with Crippen molar-refractivity contribution in [2.75, 3.05) is 0 Å². The molecule has 2 aliphatic heterocycles. The zero-order valence-electron chi connectivity index (χ0n) is 45.9. The molecule has 2 heterocycles. The van der Waals surface area contributed by atoms with Gasteiger partial charge in [-0.1, -0.05) is 284 Å². The lowest BCUT2D eigenvalue weighted by Gasteiger charge is -2.34. The van der Waals surface area contributed by atoms with Crippen molar-refractivity contribution >= 4 is 48.1 Å². The highest BCUT2D eigenvalue weighted by molar-refractivity contribution is 7.11. The molecule has 2 aliphatic rings. The molecule has 0 aliphatic carbocycles. The molecule has 78 heavy (non-hydrogen) atoms. The van der Waals surface area contributed by atoms with Crippen molar-refractivity contribution in [1.82, 2.24) is 0 Å². The van der Waals surface area contributed by atoms with Gasteiger partial charge in [-0.3, -0.25) is 0 Å². The summed E-state index contributed by atoms with van der Waals surface area (Å²) in [5.41, 5.74) is 24.0. The van der Waals surface area contributed by atoms with E-state index in [1.165, 1.54) is 124 Å². The molecule has 0 aromatic heterocycles. The fraction of sp³-hybridized carbons (Fsp3) is 0.158. The van der Waals surface area contributed by atoms with Crippen LogP contribution in [0.3, 0.4) is 0 Å². The second-order valence-electron chi connectivity index (χ2n) is 21.9. The Labute approximate surface area is 466 Å². The van der Waals surface area contributed by atoms with Crippen molar-refractivity contribution in [2.45, 2.75) is 77.6 Å². The normalized spacial score (nSPS) is 14.2. The molecule has 10 aromatic carbocycles. The topological polar surface area (TPSA) is 0 Å². The lowest BCUT2D eigenvalue weighted by atomic mass is 9.91. The number of benzene rings is 10. The monoisotopic (exact) mass is 1040 g/mol. The SMILES string of the molecule is CCC[Si]1(CCC)C(c2ccccc2)=C(c2ccccc2)c2cccc(-c3cccc(-c4cccc(-c5cccc(-c6cccc(-c7cccc8c7[Si](CCC)(CCC)C(c7ccccc7)=C8c7ccccc7)c6)c5)c4)c3)c21. The molecule has 12 rings (SSSR count). The molecule has 0 unspecified atom stereocenters. The van der Waals surface area contributed by atoms with Gasteiger partial charge in [0.2, 0.25) is 0 Å². The maximum Gasteiger partial charge on any atom is 0.121 e. The lowest BCUT2D eigenvalue weighted by Crippen LogP contribution is -2.48. The van der Waals surface area contributed by atoms with E-state index in [9.17, 15) is 0 Å². The van der Waals surface area contributed by atoms with Crippen molar-refractivity contribution in [3.05, 3.63) is 288 Å². The van der Waals surface area contributed by atoms with Gasteiger partial charge in [0, 0.05) is 0 Å². The molecule has 382 valence electrons. The van der Waals surface area contributed by atoms with E-state index in [1.54, 1.807) is 20.8 Å². The van der Waals surface area contributed by atoms with E-state index < -0.39 is 16.1 Å². The van der Waals surface area contributed by atoms with Crippen LogP contribution in [-0.4, -0.2) is 16.1 Å². The highest BCUT2D eigenvalue weighted by Gasteiger charge is 2.49. The van der Waals surface area contributed by atoms with Crippen LogP contribution in [0.2, 0.25) is 24.2 Å². The second-order valence-corrected chi connectivity index (χ2v) is 30.2. The molecule has 0 N–H and O–H groups in total. The average molecular weight is 1040 g/mol. The van der Waals surface area contributed by atoms with Crippen LogP contribution in [0.25, 0.3) is 77.2 Å². The minimum absolute atomic E-state index is 1.16. The fourth-order valence-electron chi connectivity index (χ4n) is 14.3. The third-order valence-corrected chi connectivity index (χ3v) is 28.5. The van der Waals surface area contributed by atoms with Crippen molar-refractivity contribution < 1.29 is 0 Å². The zero-order chi connectivity index (χ0) is 53.1. The molecule has 0 spiro atoms. The van der Waals surface area contributed by atoms with Crippen molar-refractivity contribution in [1.29, 1.82) is 0 Å². The summed E-state index contributed by atoms with van der Waals surface area (Å²) in [6.07, 6.45) is 4.65. The van der Waals surface area contributed by atoms with Gasteiger partial charge in [0.1, 0.15) is 16.1 Å². The maximum absolute atomic E-state index is 2.47. The number of hydrogen-bond donors (Lipinski definition) is 0. The van der Waals surface area contributed by atoms with Crippen LogP contribution in [0.1, 0.15) is 86.8 Å². The Kier molecular flexibility index (Phi) is 14.5. The molecule has 0 saturated carbocycles. The molecule has 10 aromatic rings. The summed E-state index contributed by atoms with van der Waals surface area (Å²) >= 11 is 0. The zero-order valence-corrected chi connectivity index (χ0v) is 47.9. The Hall–Kier alpha value is -7.89. The van der Waals surface area contributed by atoms with Crippen LogP contribution in [-0.2, 0) is 0 Å². The summed E-state index contributed by atoms with van der Waals surface area (Å²) in [4.78, 5) is 0. The molecule has 0 saturated heterocycles. The van der Waals surface area contributed by atoms with E-state index in [4.69, 9.17) is 0 Å². The number of rotatable bonds is 17. The second kappa shape index (κ2) is 22.2. The van der Waals surface area contributed by atoms with Gasteiger partial charge in [0.25, 0.3) is 0 Å².